The second kappa shape index (κ2) is 4.63. The number of para-hydroxylation sites is 1. The highest BCUT2D eigenvalue weighted by molar-refractivity contribution is 5.90. The minimum absolute atomic E-state index is 0.425. The molecule has 0 bridgehead atoms. The van der Waals surface area contributed by atoms with Gasteiger partial charge in [0.2, 0.25) is 0 Å². The van der Waals surface area contributed by atoms with Crippen molar-refractivity contribution in [3.8, 4) is 0 Å². The van der Waals surface area contributed by atoms with Crippen LogP contribution in [0.15, 0.2) is 41.5 Å². The lowest BCUT2D eigenvalue weighted by Gasteiger charge is -2.03. The summed E-state index contributed by atoms with van der Waals surface area (Å²) < 4.78 is 0. The van der Waals surface area contributed by atoms with E-state index in [2.05, 4.69) is 27.4 Å². The molecule has 1 aromatic heterocycles. The van der Waals surface area contributed by atoms with E-state index in [1.807, 2.05) is 30.6 Å². The topological polar surface area (TPSA) is 37.3 Å². The van der Waals surface area contributed by atoms with Gasteiger partial charge in [0.1, 0.15) is 0 Å². The summed E-state index contributed by atoms with van der Waals surface area (Å²) in [5.41, 5.74) is 1.93. The molecule has 1 saturated heterocycles. The Morgan fingerprint density at radius 2 is 2.24 bits per heavy atom. The molecule has 0 radical (unpaired) electrons. The fourth-order valence-electron chi connectivity index (χ4n) is 2.20. The van der Waals surface area contributed by atoms with Gasteiger partial charge >= 0.3 is 0 Å². The van der Waals surface area contributed by atoms with Crippen LogP contribution < -0.4 is 5.32 Å². The SMILES string of the molecule is C(=Nc1cccc2cccnc12)C1CCCN1. The first-order valence-electron chi connectivity index (χ1n) is 6.05. The average Bonchev–Trinajstić information content (AvgIpc) is 2.89. The third-order valence-electron chi connectivity index (χ3n) is 3.10. The Balaban J connectivity index is 1.94. The lowest BCUT2D eigenvalue weighted by molar-refractivity contribution is 0.775. The molecule has 2 heterocycles. The largest absolute Gasteiger partial charge is 0.309 e. The summed E-state index contributed by atoms with van der Waals surface area (Å²) >= 11 is 0. The van der Waals surface area contributed by atoms with Crippen LogP contribution in [0.1, 0.15) is 12.8 Å². The van der Waals surface area contributed by atoms with Crippen molar-refractivity contribution in [3.63, 3.8) is 0 Å². The Morgan fingerprint density at radius 1 is 1.29 bits per heavy atom. The summed E-state index contributed by atoms with van der Waals surface area (Å²) in [7, 11) is 0. The van der Waals surface area contributed by atoms with E-state index in [9.17, 15) is 0 Å². The first-order valence-corrected chi connectivity index (χ1v) is 6.05. The fourth-order valence-corrected chi connectivity index (χ4v) is 2.20. The molecule has 1 aromatic carbocycles. The zero-order valence-corrected chi connectivity index (χ0v) is 9.63. The highest BCUT2D eigenvalue weighted by Gasteiger charge is 2.10. The quantitative estimate of drug-likeness (QED) is 0.798. The van der Waals surface area contributed by atoms with Crippen LogP contribution in [0.5, 0.6) is 0 Å². The maximum Gasteiger partial charge on any atom is 0.0958 e. The van der Waals surface area contributed by atoms with E-state index in [0.29, 0.717) is 6.04 Å². The molecule has 3 nitrogen and oxygen atoms in total. The summed E-state index contributed by atoms with van der Waals surface area (Å²) in [6.45, 7) is 1.10. The number of fused-ring (bicyclic) bond motifs is 1. The van der Waals surface area contributed by atoms with Crippen molar-refractivity contribution >= 4 is 22.8 Å². The number of pyridine rings is 1. The number of rotatable bonds is 2. The number of nitrogens with one attached hydrogen (secondary N) is 1. The predicted octanol–water partition coefficient (Wildman–Crippen LogP) is 2.69. The van der Waals surface area contributed by atoms with Crippen LogP contribution in [0.2, 0.25) is 0 Å². The lowest BCUT2D eigenvalue weighted by atomic mass is 10.2. The monoisotopic (exact) mass is 225 g/mol. The fraction of sp³-hybridized carbons (Fsp3) is 0.286. The molecule has 17 heavy (non-hydrogen) atoms. The maximum atomic E-state index is 4.57. The molecule has 1 unspecified atom stereocenters. The van der Waals surface area contributed by atoms with Crippen molar-refractivity contribution in [2.24, 2.45) is 4.99 Å². The van der Waals surface area contributed by atoms with Crippen LogP contribution in [-0.4, -0.2) is 23.8 Å². The normalized spacial score (nSPS) is 20.4. The van der Waals surface area contributed by atoms with E-state index in [0.717, 1.165) is 23.1 Å². The van der Waals surface area contributed by atoms with Gasteiger partial charge in [-0.25, -0.2) is 0 Å². The first kappa shape index (κ1) is 10.4. The molecule has 1 aliphatic heterocycles. The molecule has 86 valence electrons. The van der Waals surface area contributed by atoms with Gasteiger partial charge in [0.05, 0.1) is 11.2 Å². The first-order chi connectivity index (χ1) is 8.43. The van der Waals surface area contributed by atoms with Crippen molar-refractivity contribution in [2.45, 2.75) is 18.9 Å². The van der Waals surface area contributed by atoms with Crippen molar-refractivity contribution in [1.29, 1.82) is 0 Å². The number of aromatic nitrogens is 1. The summed E-state index contributed by atoms with van der Waals surface area (Å²) in [5, 5.41) is 4.55. The smallest absolute Gasteiger partial charge is 0.0958 e. The number of benzene rings is 1. The van der Waals surface area contributed by atoms with E-state index >= 15 is 0 Å². The van der Waals surface area contributed by atoms with Crippen molar-refractivity contribution < 1.29 is 0 Å². The van der Waals surface area contributed by atoms with E-state index in [1.54, 1.807) is 0 Å². The highest BCUT2D eigenvalue weighted by Crippen LogP contribution is 2.23. The molecule has 0 saturated carbocycles. The number of hydrogen-bond donors (Lipinski definition) is 1. The molecular formula is C14H15N3. The Labute approximate surface area is 101 Å². The van der Waals surface area contributed by atoms with Crippen LogP contribution in [-0.2, 0) is 0 Å². The third-order valence-corrected chi connectivity index (χ3v) is 3.10. The Morgan fingerprint density at radius 3 is 3.12 bits per heavy atom. The van der Waals surface area contributed by atoms with E-state index in [-0.39, 0.29) is 0 Å². The minimum Gasteiger partial charge on any atom is -0.309 e. The average molecular weight is 225 g/mol. The molecule has 3 rings (SSSR count). The van der Waals surface area contributed by atoms with Gasteiger partial charge in [0, 0.05) is 23.8 Å². The second-order valence-electron chi connectivity index (χ2n) is 4.33. The van der Waals surface area contributed by atoms with Crippen molar-refractivity contribution in [1.82, 2.24) is 10.3 Å². The Hall–Kier alpha value is -1.74. The molecule has 3 heteroatoms. The standard InChI is InChI=1S/C14H15N3/c1-4-11-5-2-9-16-14(11)13(7-1)17-10-12-6-3-8-15-12/h1-2,4-5,7,9-10,12,15H,3,6,8H2. The predicted molar refractivity (Wildman–Crippen MR) is 70.9 cm³/mol. The Bertz CT molecular complexity index is 537. The minimum atomic E-state index is 0.425. The van der Waals surface area contributed by atoms with Crippen LogP contribution in [0.4, 0.5) is 5.69 Å². The van der Waals surface area contributed by atoms with Crippen LogP contribution in [0.3, 0.4) is 0 Å². The Kier molecular flexibility index (Phi) is 2.84. The molecule has 0 spiro atoms. The summed E-state index contributed by atoms with van der Waals surface area (Å²) in [6.07, 6.45) is 6.25. The number of hydrogen-bond acceptors (Lipinski definition) is 3. The van der Waals surface area contributed by atoms with E-state index in [1.165, 1.54) is 12.8 Å². The van der Waals surface area contributed by atoms with Gasteiger partial charge < -0.3 is 5.32 Å². The molecule has 0 amide bonds. The lowest BCUT2D eigenvalue weighted by Crippen LogP contribution is -2.22. The molecule has 1 fully saturated rings. The van der Waals surface area contributed by atoms with Crippen LogP contribution in [0, 0.1) is 0 Å². The molecule has 1 N–H and O–H groups in total. The molecule has 1 atom stereocenters. The molecule has 0 aliphatic carbocycles. The van der Waals surface area contributed by atoms with Crippen LogP contribution >= 0.6 is 0 Å². The molecule has 2 aromatic rings. The summed E-state index contributed by atoms with van der Waals surface area (Å²) in [6, 6.07) is 10.5. The summed E-state index contributed by atoms with van der Waals surface area (Å²) in [5.74, 6) is 0. The van der Waals surface area contributed by atoms with Crippen LogP contribution in [0.25, 0.3) is 10.9 Å². The van der Waals surface area contributed by atoms with Gasteiger partial charge in [-0.1, -0.05) is 18.2 Å². The maximum absolute atomic E-state index is 4.57. The van der Waals surface area contributed by atoms with Gasteiger partial charge in [-0.05, 0) is 31.5 Å². The zero-order valence-electron chi connectivity index (χ0n) is 9.63. The third kappa shape index (κ3) is 2.19. The van der Waals surface area contributed by atoms with E-state index < -0.39 is 0 Å². The second-order valence-corrected chi connectivity index (χ2v) is 4.33. The van der Waals surface area contributed by atoms with Gasteiger partial charge in [-0.3, -0.25) is 9.98 Å². The summed E-state index contributed by atoms with van der Waals surface area (Å²) in [4.78, 5) is 8.96. The highest BCUT2D eigenvalue weighted by atomic mass is 14.9. The van der Waals surface area contributed by atoms with Gasteiger partial charge in [0.25, 0.3) is 0 Å². The van der Waals surface area contributed by atoms with Gasteiger partial charge in [-0.15, -0.1) is 0 Å². The number of aliphatic imine (C=N–C) groups is 1. The number of nitrogens with zero attached hydrogens (tertiary/aromatic N) is 2. The van der Waals surface area contributed by atoms with E-state index in [4.69, 9.17) is 0 Å². The van der Waals surface area contributed by atoms with Crippen molar-refractivity contribution in [3.05, 3.63) is 36.5 Å². The molecular weight excluding hydrogens is 210 g/mol. The van der Waals surface area contributed by atoms with Gasteiger partial charge in [-0.2, -0.15) is 0 Å². The zero-order chi connectivity index (χ0) is 11.5. The van der Waals surface area contributed by atoms with Gasteiger partial charge in [0.15, 0.2) is 0 Å². The molecule has 1 aliphatic rings. The van der Waals surface area contributed by atoms with Crippen molar-refractivity contribution in [2.75, 3.05) is 6.54 Å².